The molecule has 1 amide bonds. The molecule has 0 bridgehead atoms. The molecule has 5 nitrogen and oxygen atoms in total. The summed E-state index contributed by atoms with van der Waals surface area (Å²) in [6, 6.07) is 9.98. The molecule has 1 aromatic carbocycles. The molecular weight excluding hydrogens is 310 g/mol. The van der Waals surface area contributed by atoms with Crippen LogP contribution in [0.15, 0.2) is 42.7 Å². The number of hydrogen-bond donors (Lipinski definition) is 2. The van der Waals surface area contributed by atoms with Crippen molar-refractivity contribution in [2.75, 3.05) is 18.1 Å². The molecule has 0 unspecified atom stereocenters. The lowest BCUT2D eigenvalue weighted by Crippen LogP contribution is -2.49. The van der Waals surface area contributed by atoms with Gasteiger partial charge in [-0.25, -0.2) is 4.68 Å². The Balaban J connectivity index is 1.49. The molecule has 1 aromatic heterocycles. The lowest BCUT2D eigenvalue weighted by atomic mass is 9.96. The molecule has 122 valence electrons. The predicted molar refractivity (Wildman–Crippen MR) is 91.8 cm³/mol. The van der Waals surface area contributed by atoms with Crippen molar-refractivity contribution in [3.05, 3.63) is 48.3 Å². The van der Waals surface area contributed by atoms with Crippen molar-refractivity contribution in [3.8, 4) is 5.69 Å². The first kappa shape index (κ1) is 16.1. The highest BCUT2D eigenvalue weighted by Crippen LogP contribution is 2.26. The molecule has 6 heteroatoms. The number of hydrogen-bond acceptors (Lipinski definition) is 4. The maximum Gasteiger partial charge on any atom is 0.252 e. The van der Waals surface area contributed by atoms with Gasteiger partial charge in [-0.1, -0.05) is 12.1 Å². The van der Waals surface area contributed by atoms with Gasteiger partial charge >= 0.3 is 0 Å². The average Bonchev–Trinajstić information content (AvgIpc) is 3.10. The first-order valence-electron chi connectivity index (χ1n) is 7.85. The summed E-state index contributed by atoms with van der Waals surface area (Å²) in [7, 11) is 0. The van der Waals surface area contributed by atoms with Crippen molar-refractivity contribution >= 4 is 17.7 Å². The van der Waals surface area contributed by atoms with Crippen LogP contribution in [0.25, 0.3) is 5.69 Å². The van der Waals surface area contributed by atoms with E-state index in [4.69, 9.17) is 0 Å². The van der Waals surface area contributed by atoms with E-state index in [9.17, 15) is 9.90 Å². The van der Waals surface area contributed by atoms with E-state index in [-0.39, 0.29) is 5.91 Å². The highest BCUT2D eigenvalue weighted by atomic mass is 32.2. The van der Waals surface area contributed by atoms with Crippen LogP contribution in [-0.4, -0.2) is 44.4 Å². The Hall–Kier alpha value is -1.79. The molecule has 2 N–H and O–H groups in total. The van der Waals surface area contributed by atoms with E-state index < -0.39 is 5.60 Å². The Labute approximate surface area is 140 Å². The summed E-state index contributed by atoms with van der Waals surface area (Å²) in [5.41, 5.74) is 0.985. The minimum absolute atomic E-state index is 0.231. The Bertz CT molecular complexity index is 634. The van der Waals surface area contributed by atoms with Crippen LogP contribution in [0, 0.1) is 0 Å². The summed E-state index contributed by atoms with van der Waals surface area (Å²) >= 11 is 1.79. The average molecular weight is 331 g/mol. The van der Waals surface area contributed by atoms with Crippen molar-refractivity contribution < 1.29 is 9.90 Å². The normalized spacial score (nSPS) is 16.9. The monoisotopic (exact) mass is 331 g/mol. The molecule has 1 saturated heterocycles. The summed E-state index contributed by atoms with van der Waals surface area (Å²) < 4.78 is 1.81. The van der Waals surface area contributed by atoms with Gasteiger partial charge in [0.15, 0.2) is 0 Å². The number of amides is 1. The fourth-order valence-electron chi connectivity index (χ4n) is 2.66. The molecule has 3 rings (SSSR count). The number of rotatable bonds is 5. The molecule has 2 aromatic rings. The van der Waals surface area contributed by atoms with Crippen molar-refractivity contribution in [2.24, 2.45) is 0 Å². The van der Waals surface area contributed by atoms with Crippen LogP contribution in [0.3, 0.4) is 0 Å². The second-order valence-electron chi connectivity index (χ2n) is 5.77. The molecule has 0 atom stereocenters. The molecule has 0 aliphatic carbocycles. The number of carbonyl (C=O) groups is 1. The van der Waals surface area contributed by atoms with Crippen LogP contribution in [0.2, 0.25) is 0 Å². The van der Waals surface area contributed by atoms with Gasteiger partial charge in [-0.05, 0) is 54.5 Å². The first-order valence-corrected chi connectivity index (χ1v) is 9.00. The van der Waals surface area contributed by atoms with Gasteiger partial charge in [0.05, 0.1) is 5.69 Å². The van der Waals surface area contributed by atoms with Crippen LogP contribution < -0.4 is 5.32 Å². The number of benzene rings is 1. The Morgan fingerprint density at radius 2 is 2.04 bits per heavy atom. The van der Waals surface area contributed by atoms with Crippen molar-refractivity contribution in [1.82, 2.24) is 15.1 Å². The minimum atomic E-state index is -1.17. The summed E-state index contributed by atoms with van der Waals surface area (Å²) in [4.78, 5) is 12.1. The molecule has 1 aliphatic rings. The van der Waals surface area contributed by atoms with Crippen molar-refractivity contribution in [2.45, 2.75) is 24.9 Å². The third kappa shape index (κ3) is 3.95. The Morgan fingerprint density at radius 1 is 1.30 bits per heavy atom. The van der Waals surface area contributed by atoms with Gasteiger partial charge in [-0.3, -0.25) is 4.79 Å². The third-order valence-corrected chi connectivity index (χ3v) is 5.13. The van der Waals surface area contributed by atoms with E-state index >= 15 is 0 Å². The number of carbonyl (C=O) groups excluding carboxylic acids is 1. The van der Waals surface area contributed by atoms with E-state index in [1.54, 1.807) is 18.0 Å². The molecule has 1 aliphatic heterocycles. The van der Waals surface area contributed by atoms with E-state index in [2.05, 4.69) is 10.4 Å². The van der Waals surface area contributed by atoms with Crippen LogP contribution >= 0.6 is 11.8 Å². The molecule has 0 saturated carbocycles. The van der Waals surface area contributed by atoms with Gasteiger partial charge < -0.3 is 10.4 Å². The Morgan fingerprint density at radius 3 is 2.70 bits per heavy atom. The van der Waals surface area contributed by atoms with Gasteiger partial charge in [-0.15, -0.1) is 0 Å². The van der Waals surface area contributed by atoms with Gasteiger partial charge in [0.2, 0.25) is 0 Å². The standard InChI is InChI=1S/C17H21N3O2S/c21-16(17(22)7-12-23-13-8-17)18-10-6-14-2-4-15(5-3-14)20-11-1-9-19-20/h1-5,9,11,22H,6-8,10,12-13H2,(H,18,21). The number of aliphatic hydroxyl groups is 1. The molecule has 23 heavy (non-hydrogen) atoms. The molecule has 1 fully saturated rings. The largest absolute Gasteiger partial charge is 0.380 e. The maximum absolute atomic E-state index is 12.1. The first-order chi connectivity index (χ1) is 11.2. The number of aromatic nitrogens is 2. The van der Waals surface area contributed by atoms with Gasteiger partial charge in [0, 0.05) is 18.9 Å². The molecule has 0 radical (unpaired) electrons. The zero-order chi connectivity index (χ0) is 16.1. The molecule has 2 heterocycles. The summed E-state index contributed by atoms with van der Waals surface area (Å²) in [5.74, 6) is 1.46. The summed E-state index contributed by atoms with van der Waals surface area (Å²) in [6.07, 6.45) is 5.48. The zero-order valence-electron chi connectivity index (χ0n) is 12.9. The fraction of sp³-hybridized carbons (Fsp3) is 0.412. The van der Waals surface area contributed by atoms with Crippen LogP contribution in [0.1, 0.15) is 18.4 Å². The quantitative estimate of drug-likeness (QED) is 0.876. The number of nitrogens with zero attached hydrogens (tertiary/aromatic N) is 2. The highest BCUT2D eigenvalue weighted by Gasteiger charge is 2.36. The molecule has 0 spiro atoms. The van der Waals surface area contributed by atoms with E-state index in [0.29, 0.717) is 19.4 Å². The van der Waals surface area contributed by atoms with E-state index in [0.717, 1.165) is 29.2 Å². The smallest absolute Gasteiger partial charge is 0.252 e. The minimum Gasteiger partial charge on any atom is -0.380 e. The predicted octanol–water partition coefficient (Wildman–Crippen LogP) is 1.79. The van der Waals surface area contributed by atoms with Crippen molar-refractivity contribution in [1.29, 1.82) is 0 Å². The maximum atomic E-state index is 12.1. The lowest BCUT2D eigenvalue weighted by Gasteiger charge is -2.30. The topological polar surface area (TPSA) is 67.2 Å². The SMILES string of the molecule is O=C(NCCc1ccc(-n2cccn2)cc1)C1(O)CCSCC1. The van der Waals surface area contributed by atoms with Crippen LogP contribution in [0.4, 0.5) is 0 Å². The van der Waals surface area contributed by atoms with Crippen LogP contribution in [-0.2, 0) is 11.2 Å². The molecular formula is C17H21N3O2S. The highest BCUT2D eigenvalue weighted by molar-refractivity contribution is 7.99. The summed E-state index contributed by atoms with van der Waals surface area (Å²) in [5, 5.41) is 17.4. The van der Waals surface area contributed by atoms with E-state index in [1.165, 1.54) is 0 Å². The van der Waals surface area contributed by atoms with Gasteiger partial charge in [0.25, 0.3) is 5.91 Å². The lowest BCUT2D eigenvalue weighted by molar-refractivity contribution is -0.140. The van der Waals surface area contributed by atoms with E-state index in [1.807, 2.05) is 41.2 Å². The fourth-order valence-corrected chi connectivity index (χ4v) is 3.83. The summed E-state index contributed by atoms with van der Waals surface area (Å²) in [6.45, 7) is 0.537. The van der Waals surface area contributed by atoms with Crippen LogP contribution in [0.5, 0.6) is 0 Å². The number of nitrogens with one attached hydrogen (secondary N) is 1. The van der Waals surface area contributed by atoms with Gasteiger partial charge in [0.1, 0.15) is 5.60 Å². The second kappa shape index (κ2) is 7.19. The Kier molecular flexibility index (Phi) is 5.03. The van der Waals surface area contributed by atoms with Crippen molar-refractivity contribution in [3.63, 3.8) is 0 Å². The third-order valence-electron chi connectivity index (χ3n) is 4.15. The number of thioether (sulfide) groups is 1. The van der Waals surface area contributed by atoms with Gasteiger partial charge in [-0.2, -0.15) is 16.9 Å². The second-order valence-corrected chi connectivity index (χ2v) is 6.99. The zero-order valence-corrected chi connectivity index (χ0v) is 13.8.